The Balaban J connectivity index is 2.63. The van der Waals surface area contributed by atoms with Gasteiger partial charge in [0.15, 0.2) is 0 Å². The molecule has 0 radical (unpaired) electrons. The topological polar surface area (TPSA) is 44.9 Å². The molecule has 0 saturated carbocycles. The largest absolute Gasteiger partial charge is 0.371 e. The van der Waals surface area contributed by atoms with E-state index in [1.165, 1.54) is 5.56 Å². The van der Waals surface area contributed by atoms with Crippen LogP contribution < -0.4 is 10.9 Å². The Kier molecular flexibility index (Phi) is 1.03. The minimum absolute atomic E-state index is 0.0341. The minimum atomic E-state index is -0.0341. The third-order valence-electron chi connectivity index (χ3n) is 1.70. The molecule has 0 aliphatic carbocycles. The Morgan fingerprint density at radius 2 is 2.30 bits per heavy atom. The average Bonchev–Trinajstić information content (AvgIpc) is 2.33. The van der Waals surface area contributed by atoms with Gasteiger partial charge in [0, 0.05) is 12.6 Å². The third kappa shape index (κ3) is 0.708. The molecule has 1 aromatic rings. The normalized spacial score (nSPS) is 14.4. The van der Waals surface area contributed by atoms with Crippen molar-refractivity contribution in [2.24, 2.45) is 0 Å². The van der Waals surface area contributed by atoms with E-state index in [1.807, 2.05) is 6.07 Å². The van der Waals surface area contributed by atoms with Crippen molar-refractivity contribution < 1.29 is 0 Å². The molecule has 10 heavy (non-hydrogen) atoms. The quantitative estimate of drug-likeness (QED) is 0.540. The van der Waals surface area contributed by atoms with Crippen LogP contribution in [0.1, 0.15) is 5.56 Å². The zero-order valence-corrected chi connectivity index (χ0v) is 5.48. The van der Waals surface area contributed by atoms with E-state index in [4.69, 9.17) is 0 Å². The molecule has 0 bridgehead atoms. The van der Waals surface area contributed by atoms with E-state index in [0.29, 0.717) is 0 Å². The van der Waals surface area contributed by atoms with Crippen molar-refractivity contribution in [1.29, 1.82) is 0 Å². The summed E-state index contributed by atoms with van der Waals surface area (Å²) in [5.41, 5.74) is 1.17. The van der Waals surface area contributed by atoms with Crippen molar-refractivity contribution in [3.05, 3.63) is 28.0 Å². The first-order chi connectivity index (χ1) is 4.86. The molecule has 0 spiro atoms. The molecular formula is C7H8N2O. The maximum atomic E-state index is 10.7. The SMILES string of the molecule is O=c1ccc2c([nH]1)NCC2. The number of hydrogen-bond donors (Lipinski definition) is 2. The summed E-state index contributed by atoms with van der Waals surface area (Å²) >= 11 is 0. The summed E-state index contributed by atoms with van der Waals surface area (Å²) in [6, 6.07) is 3.43. The number of anilines is 1. The fraction of sp³-hybridized carbons (Fsp3) is 0.286. The molecule has 1 aromatic heterocycles. The van der Waals surface area contributed by atoms with Crippen LogP contribution in [0.4, 0.5) is 5.82 Å². The van der Waals surface area contributed by atoms with Crippen LogP contribution in [0, 0.1) is 0 Å². The zero-order chi connectivity index (χ0) is 6.97. The Morgan fingerprint density at radius 3 is 3.20 bits per heavy atom. The molecule has 0 amide bonds. The van der Waals surface area contributed by atoms with Gasteiger partial charge in [-0.2, -0.15) is 0 Å². The second-order valence-corrected chi connectivity index (χ2v) is 2.40. The monoisotopic (exact) mass is 136 g/mol. The summed E-state index contributed by atoms with van der Waals surface area (Å²) in [5.74, 6) is 0.896. The lowest BCUT2D eigenvalue weighted by molar-refractivity contribution is 1.11. The van der Waals surface area contributed by atoms with Gasteiger partial charge in [0.1, 0.15) is 5.82 Å². The smallest absolute Gasteiger partial charge is 0.249 e. The predicted molar refractivity (Wildman–Crippen MR) is 39.3 cm³/mol. The van der Waals surface area contributed by atoms with Gasteiger partial charge in [-0.25, -0.2) is 0 Å². The molecule has 0 atom stereocenters. The van der Waals surface area contributed by atoms with Crippen LogP contribution >= 0.6 is 0 Å². The van der Waals surface area contributed by atoms with Gasteiger partial charge in [-0.3, -0.25) is 4.79 Å². The van der Waals surface area contributed by atoms with Crippen molar-refractivity contribution in [1.82, 2.24) is 4.98 Å². The van der Waals surface area contributed by atoms with Crippen molar-refractivity contribution in [3.63, 3.8) is 0 Å². The molecule has 1 aliphatic heterocycles. The molecule has 2 heterocycles. The molecule has 0 unspecified atom stereocenters. The summed E-state index contributed by atoms with van der Waals surface area (Å²) in [6.45, 7) is 0.940. The number of fused-ring (bicyclic) bond motifs is 1. The first kappa shape index (κ1) is 5.53. The second-order valence-electron chi connectivity index (χ2n) is 2.40. The first-order valence-electron chi connectivity index (χ1n) is 3.32. The Bertz CT molecular complexity index is 303. The van der Waals surface area contributed by atoms with E-state index in [-0.39, 0.29) is 5.56 Å². The molecule has 0 saturated heterocycles. The van der Waals surface area contributed by atoms with Crippen LogP contribution in [0.15, 0.2) is 16.9 Å². The molecule has 1 aliphatic rings. The van der Waals surface area contributed by atoms with Gasteiger partial charge in [-0.1, -0.05) is 0 Å². The van der Waals surface area contributed by atoms with Crippen LogP contribution in [-0.4, -0.2) is 11.5 Å². The van der Waals surface area contributed by atoms with E-state index in [1.54, 1.807) is 6.07 Å². The fourth-order valence-electron chi connectivity index (χ4n) is 1.19. The van der Waals surface area contributed by atoms with E-state index in [2.05, 4.69) is 10.3 Å². The highest BCUT2D eigenvalue weighted by Crippen LogP contribution is 2.15. The number of nitrogens with one attached hydrogen (secondary N) is 2. The number of aromatic amines is 1. The Hall–Kier alpha value is -1.25. The van der Waals surface area contributed by atoms with Crippen LogP contribution in [0.5, 0.6) is 0 Å². The van der Waals surface area contributed by atoms with Crippen molar-refractivity contribution >= 4 is 5.82 Å². The summed E-state index contributed by atoms with van der Waals surface area (Å²) in [6.07, 6.45) is 1.02. The molecule has 2 rings (SSSR count). The average molecular weight is 136 g/mol. The lowest BCUT2D eigenvalue weighted by Gasteiger charge is -1.95. The molecular weight excluding hydrogens is 128 g/mol. The van der Waals surface area contributed by atoms with E-state index in [0.717, 1.165) is 18.8 Å². The molecule has 0 aromatic carbocycles. The van der Waals surface area contributed by atoms with Gasteiger partial charge in [0.25, 0.3) is 0 Å². The number of aromatic nitrogens is 1. The van der Waals surface area contributed by atoms with E-state index < -0.39 is 0 Å². The van der Waals surface area contributed by atoms with Crippen molar-refractivity contribution in [2.75, 3.05) is 11.9 Å². The summed E-state index contributed by atoms with van der Waals surface area (Å²) in [7, 11) is 0. The lowest BCUT2D eigenvalue weighted by atomic mass is 10.2. The van der Waals surface area contributed by atoms with Crippen LogP contribution in [0.3, 0.4) is 0 Å². The standard InChI is InChI=1S/C7H8N2O/c10-6-2-1-5-3-4-8-7(5)9-6/h1-2H,3-4H2,(H2,8,9,10). The van der Waals surface area contributed by atoms with Crippen LogP contribution in [0.25, 0.3) is 0 Å². The zero-order valence-electron chi connectivity index (χ0n) is 5.48. The molecule has 52 valence electrons. The maximum Gasteiger partial charge on any atom is 0.249 e. The fourth-order valence-corrected chi connectivity index (χ4v) is 1.19. The summed E-state index contributed by atoms with van der Waals surface area (Å²) in [5, 5.41) is 3.09. The van der Waals surface area contributed by atoms with E-state index >= 15 is 0 Å². The number of rotatable bonds is 0. The second kappa shape index (κ2) is 1.87. The predicted octanol–water partition coefficient (Wildman–Crippen LogP) is 0.343. The number of pyridine rings is 1. The Morgan fingerprint density at radius 1 is 1.40 bits per heavy atom. The number of hydrogen-bond acceptors (Lipinski definition) is 2. The van der Waals surface area contributed by atoms with Gasteiger partial charge >= 0.3 is 0 Å². The first-order valence-corrected chi connectivity index (χ1v) is 3.32. The van der Waals surface area contributed by atoms with Crippen LogP contribution in [-0.2, 0) is 6.42 Å². The van der Waals surface area contributed by atoms with Gasteiger partial charge in [0.05, 0.1) is 0 Å². The Labute approximate surface area is 58.1 Å². The lowest BCUT2D eigenvalue weighted by Crippen LogP contribution is -2.05. The van der Waals surface area contributed by atoms with Gasteiger partial charge < -0.3 is 10.3 Å². The molecule has 3 nitrogen and oxygen atoms in total. The summed E-state index contributed by atoms with van der Waals surface area (Å²) in [4.78, 5) is 13.5. The highest BCUT2D eigenvalue weighted by molar-refractivity contribution is 5.48. The minimum Gasteiger partial charge on any atom is -0.371 e. The summed E-state index contributed by atoms with van der Waals surface area (Å²) < 4.78 is 0. The van der Waals surface area contributed by atoms with Crippen LogP contribution in [0.2, 0.25) is 0 Å². The maximum absolute atomic E-state index is 10.7. The van der Waals surface area contributed by atoms with Gasteiger partial charge in [-0.15, -0.1) is 0 Å². The molecule has 2 N–H and O–H groups in total. The van der Waals surface area contributed by atoms with Crippen molar-refractivity contribution in [3.8, 4) is 0 Å². The van der Waals surface area contributed by atoms with Gasteiger partial charge in [-0.05, 0) is 18.1 Å². The van der Waals surface area contributed by atoms with E-state index in [9.17, 15) is 4.79 Å². The highest BCUT2D eigenvalue weighted by Gasteiger charge is 2.08. The molecule has 3 heteroatoms. The third-order valence-corrected chi connectivity index (χ3v) is 1.70. The van der Waals surface area contributed by atoms with Crippen molar-refractivity contribution in [2.45, 2.75) is 6.42 Å². The highest BCUT2D eigenvalue weighted by atomic mass is 16.1. The number of H-pyrrole nitrogens is 1. The van der Waals surface area contributed by atoms with Gasteiger partial charge in [0.2, 0.25) is 5.56 Å². The molecule has 0 fully saturated rings.